The zero-order valence-corrected chi connectivity index (χ0v) is 14.2. The van der Waals surface area contributed by atoms with Crippen molar-refractivity contribution in [1.82, 2.24) is 10.2 Å². The molecule has 0 saturated carbocycles. The van der Waals surface area contributed by atoms with Gasteiger partial charge in [0.05, 0.1) is 6.54 Å². The van der Waals surface area contributed by atoms with E-state index in [4.69, 9.17) is 4.74 Å². The van der Waals surface area contributed by atoms with Crippen molar-refractivity contribution in [2.45, 2.75) is 0 Å². The molecule has 0 spiro atoms. The number of carbonyl (C=O) groups excluding carboxylic acids is 3. The van der Waals surface area contributed by atoms with Crippen molar-refractivity contribution in [2.24, 2.45) is 0 Å². The Bertz CT molecular complexity index is 632. The van der Waals surface area contributed by atoms with Gasteiger partial charge in [-0.2, -0.15) is 0 Å². The van der Waals surface area contributed by atoms with Crippen LogP contribution in [0.25, 0.3) is 6.08 Å². The van der Waals surface area contributed by atoms with E-state index < -0.39 is 24.3 Å². The molecule has 0 atom stereocenters. The highest BCUT2D eigenvalue weighted by Gasteiger charge is 2.09. The third-order valence-corrected chi connectivity index (χ3v) is 3.13. The highest BCUT2D eigenvalue weighted by molar-refractivity contribution is 9.10. The Labute approximate surface area is 141 Å². The lowest BCUT2D eigenvalue weighted by atomic mass is 10.2. The van der Waals surface area contributed by atoms with Crippen LogP contribution in [0.3, 0.4) is 0 Å². The van der Waals surface area contributed by atoms with E-state index in [1.54, 1.807) is 14.1 Å². The summed E-state index contributed by atoms with van der Waals surface area (Å²) in [5, 5.41) is 2.31. The summed E-state index contributed by atoms with van der Waals surface area (Å²) < 4.78 is 18.8. The number of nitrogens with one attached hydrogen (secondary N) is 1. The van der Waals surface area contributed by atoms with Crippen molar-refractivity contribution in [3.8, 4) is 0 Å². The normalized spacial score (nSPS) is 10.4. The number of esters is 1. The van der Waals surface area contributed by atoms with E-state index in [2.05, 4.69) is 21.2 Å². The van der Waals surface area contributed by atoms with E-state index in [0.717, 1.165) is 6.08 Å². The molecular formula is C15H16BrFN2O4. The molecule has 124 valence electrons. The first-order chi connectivity index (χ1) is 10.8. The summed E-state index contributed by atoms with van der Waals surface area (Å²) >= 11 is 3.19. The molecule has 0 aliphatic heterocycles. The molecular weight excluding hydrogens is 371 g/mol. The van der Waals surface area contributed by atoms with Crippen LogP contribution in [0.1, 0.15) is 5.56 Å². The Balaban J connectivity index is 2.42. The van der Waals surface area contributed by atoms with Gasteiger partial charge in [-0.1, -0.05) is 15.9 Å². The number of benzene rings is 1. The van der Waals surface area contributed by atoms with E-state index in [-0.39, 0.29) is 18.0 Å². The Morgan fingerprint density at radius 2 is 2.04 bits per heavy atom. The fraction of sp³-hybridized carbons (Fsp3) is 0.267. The van der Waals surface area contributed by atoms with E-state index in [1.165, 1.54) is 29.2 Å². The number of hydrogen-bond acceptors (Lipinski definition) is 4. The number of halogens is 2. The quantitative estimate of drug-likeness (QED) is 0.591. The van der Waals surface area contributed by atoms with Crippen LogP contribution in [0.2, 0.25) is 0 Å². The molecule has 0 aliphatic rings. The lowest BCUT2D eigenvalue weighted by Gasteiger charge is -2.10. The molecule has 0 saturated heterocycles. The van der Waals surface area contributed by atoms with E-state index >= 15 is 0 Å². The van der Waals surface area contributed by atoms with Crippen LogP contribution >= 0.6 is 15.9 Å². The number of nitrogens with zero attached hydrogens (tertiary/aromatic N) is 1. The van der Waals surface area contributed by atoms with Crippen molar-refractivity contribution in [1.29, 1.82) is 0 Å². The minimum atomic E-state index is -0.793. The molecule has 0 fully saturated rings. The van der Waals surface area contributed by atoms with Crippen LogP contribution < -0.4 is 5.32 Å². The average Bonchev–Trinajstić information content (AvgIpc) is 2.51. The number of hydrogen-bond donors (Lipinski definition) is 1. The minimum absolute atomic E-state index is 0.178. The maximum Gasteiger partial charge on any atom is 0.331 e. The SMILES string of the molecule is CN(C)C(=O)CNC(=O)COC(=O)/C=C/c1cc(Br)ccc1F. The summed E-state index contributed by atoms with van der Waals surface area (Å²) in [4.78, 5) is 35.4. The Kier molecular flexibility index (Phi) is 7.40. The van der Waals surface area contributed by atoms with Gasteiger partial charge in [0.25, 0.3) is 5.91 Å². The van der Waals surface area contributed by atoms with Crippen LogP contribution in [0.5, 0.6) is 0 Å². The number of amides is 2. The molecule has 2 amide bonds. The first kappa shape index (κ1) is 18.8. The van der Waals surface area contributed by atoms with Gasteiger partial charge in [0.2, 0.25) is 5.91 Å². The Hall–Kier alpha value is -2.22. The molecule has 0 aromatic heterocycles. The molecule has 0 heterocycles. The van der Waals surface area contributed by atoms with Crippen molar-refractivity contribution in [3.63, 3.8) is 0 Å². The fourth-order valence-electron chi connectivity index (χ4n) is 1.37. The van der Waals surface area contributed by atoms with Gasteiger partial charge in [-0.3, -0.25) is 9.59 Å². The van der Waals surface area contributed by atoms with Crippen LogP contribution in [0, 0.1) is 5.82 Å². The first-order valence-corrected chi connectivity index (χ1v) is 7.35. The predicted octanol–water partition coefficient (Wildman–Crippen LogP) is 1.35. The zero-order valence-electron chi connectivity index (χ0n) is 12.6. The number of rotatable bonds is 6. The fourth-order valence-corrected chi connectivity index (χ4v) is 1.75. The summed E-state index contributed by atoms with van der Waals surface area (Å²) in [6.45, 7) is -0.701. The van der Waals surface area contributed by atoms with Gasteiger partial charge in [0, 0.05) is 30.2 Å². The lowest BCUT2D eigenvalue weighted by Crippen LogP contribution is -2.38. The molecule has 0 unspecified atom stereocenters. The van der Waals surface area contributed by atoms with E-state index in [9.17, 15) is 18.8 Å². The highest BCUT2D eigenvalue weighted by Crippen LogP contribution is 2.16. The predicted molar refractivity (Wildman–Crippen MR) is 85.8 cm³/mol. The molecule has 1 N–H and O–H groups in total. The van der Waals surface area contributed by atoms with Gasteiger partial charge in [0.1, 0.15) is 5.82 Å². The second-order valence-corrected chi connectivity index (χ2v) is 5.59. The topological polar surface area (TPSA) is 75.7 Å². The molecule has 0 bridgehead atoms. The molecule has 0 radical (unpaired) electrons. The lowest BCUT2D eigenvalue weighted by molar-refractivity contribution is -0.144. The van der Waals surface area contributed by atoms with Crippen LogP contribution in [0.4, 0.5) is 4.39 Å². The number of likely N-dealkylation sites (N-methyl/N-ethyl adjacent to an activating group) is 1. The Morgan fingerprint density at radius 3 is 2.70 bits per heavy atom. The first-order valence-electron chi connectivity index (χ1n) is 6.56. The summed E-state index contributed by atoms with van der Waals surface area (Å²) in [6, 6.07) is 4.29. The molecule has 6 nitrogen and oxygen atoms in total. The van der Waals surface area contributed by atoms with Crippen molar-refractivity contribution in [3.05, 3.63) is 40.1 Å². The van der Waals surface area contributed by atoms with Gasteiger partial charge < -0.3 is 15.0 Å². The van der Waals surface area contributed by atoms with Gasteiger partial charge >= 0.3 is 5.97 Å². The van der Waals surface area contributed by atoms with E-state index in [1.807, 2.05) is 0 Å². The largest absolute Gasteiger partial charge is 0.452 e. The molecule has 1 aromatic carbocycles. The van der Waals surface area contributed by atoms with Crippen LogP contribution in [-0.4, -0.2) is 49.9 Å². The minimum Gasteiger partial charge on any atom is -0.452 e. The van der Waals surface area contributed by atoms with Crippen molar-refractivity contribution >= 4 is 39.8 Å². The summed E-state index contributed by atoms with van der Waals surface area (Å²) in [7, 11) is 3.11. The third-order valence-electron chi connectivity index (χ3n) is 2.64. The van der Waals surface area contributed by atoms with Crippen molar-refractivity contribution < 1.29 is 23.5 Å². The summed E-state index contributed by atoms with van der Waals surface area (Å²) in [5.74, 6) is -2.17. The van der Waals surface area contributed by atoms with Gasteiger partial charge in [-0.15, -0.1) is 0 Å². The zero-order chi connectivity index (χ0) is 17.4. The highest BCUT2D eigenvalue weighted by atomic mass is 79.9. The number of ether oxygens (including phenoxy) is 1. The molecule has 0 aliphatic carbocycles. The average molecular weight is 387 g/mol. The molecule has 23 heavy (non-hydrogen) atoms. The maximum atomic E-state index is 13.5. The summed E-state index contributed by atoms with van der Waals surface area (Å²) in [5.41, 5.74) is 0.206. The smallest absolute Gasteiger partial charge is 0.331 e. The van der Waals surface area contributed by atoms with Gasteiger partial charge in [-0.25, -0.2) is 9.18 Å². The molecule has 8 heteroatoms. The van der Waals surface area contributed by atoms with Crippen LogP contribution in [0.15, 0.2) is 28.7 Å². The second kappa shape index (κ2) is 9.04. The molecule has 1 rings (SSSR count). The summed E-state index contributed by atoms with van der Waals surface area (Å²) in [6.07, 6.45) is 2.26. The second-order valence-electron chi connectivity index (χ2n) is 4.67. The molecule has 1 aromatic rings. The van der Waals surface area contributed by atoms with Gasteiger partial charge in [-0.05, 0) is 24.3 Å². The monoisotopic (exact) mass is 386 g/mol. The standard InChI is InChI=1S/C15H16BrFN2O4/c1-19(2)14(21)8-18-13(20)9-23-15(22)6-3-10-7-11(16)4-5-12(10)17/h3-7H,8-9H2,1-2H3,(H,18,20)/b6-3+. The third kappa shape index (κ3) is 7.05. The Morgan fingerprint density at radius 1 is 1.35 bits per heavy atom. The van der Waals surface area contributed by atoms with Crippen molar-refractivity contribution in [2.75, 3.05) is 27.2 Å². The number of carbonyl (C=O) groups is 3. The van der Waals surface area contributed by atoms with Crippen LogP contribution in [-0.2, 0) is 19.1 Å². The van der Waals surface area contributed by atoms with E-state index in [0.29, 0.717) is 4.47 Å². The van der Waals surface area contributed by atoms with Gasteiger partial charge in [0.15, 0.2) is 6.61 Å². The maximum absolute atomic E-state index is 13.5.